The Morgan fingerprint density at radius 2 is 1.87 bits per heavy atom. The van der Waals surface area contributed by atoms with Crippen LogP contribution in [0.3, 0.4) is 0 Å². The molecule has 0 bridgehead atoms. The summed E-state index contributed by atoms with van der Waals surface area (Å²) in [6, 6.07) is 3.57. The molecule has 0 saturated heterocycles. The molecule has 0 aromatic heterocycles. The normalized spacial score (nSPS) is 10.8. The van der Waals surface area contributed by atoms with Gasteiger partial charge in [0.05, 0.1) is 5.02 Å². The van der Waals surface area contributed by atoms with Crippen molar-refractivity contribution in [3.8, 4) is 5.75 Å². The number of aryl methyl sites for hydroxylation is 1. The van der Waals surface area contributed by atoms with Crippen molar-refractivity contribution in [3.05, 3.63) is 27.7 Å². The molecule has 0 saturated carbocycles. The van der Waals surface area contributed by atoms with Crippen molar-refractivity contribution in [1.82, 2.24) is 4.90 Å². The van der Waals surface area contributed by atoms with Crippen LogP contribution in [-0.2, 0) is 0 Å². The molecule has 0 aliphatic heterocycles. The lowest BCUT2D eigenvalue weighted by Crippen LogP contribution is -2.19. The fourth-order valence-electron chi connectivity index (χ4n) is 1.08. The Kier molecular flexibility index (Phi) is 4.71. The Bertz CT molecular complexity index is 340. The maximum atomic E-state index is 5.99. The van der Waals surface area contributed by atoms with Crippen LogP contribution in [0.4, 0.5) is 0 Å². The average Bonchev–Trinajstić information content (AvgIpc) is 2.13. The molecule has 15 heavy (non-hydrogen) atoms. The van der Waals surface area contributed by atoms with Gasteiger partial charge in [0, 0.05) is 11.6 Å². The van der Waals surface area contributed by atoms with Crippen LogP contribution in [0.2, 0.25) is 10.0 Å². The van der Waals surface area contributed by atoms with Gasteiger partial charge in [0.15, 0.2) is 0 Å². The van der Waals surface area contributed by atoms with E-state index >= 15 is 0 Å². The predicted octanol–water partition coefficient (Wildman–Crippen LogP) is 3.24. The van der Waals surface area contributed by atoms with Crippen molar-refractivity contribution >= 4 is 23.2 Å². The molecule has 1 aromatic rings. The van der Waals surface area contributed by atoms with E-state index in [1.165, 1.54) is 0 Å². The van der Waals surface area contributed by atoms with E-state index in [9.17, 15) is 0 Å². The predicted molar refractivity (Wildman–Crippen MR) is 65.2 cm³/mol. The van der Waals surface area contributed by atoms with E-state index in [0.717, 1.165) is 12.1 Å². The van der Waals surface area contributed by atoms with Crippen LogP contribution in [-0.4, -0.2) is 32.1 Å². The molecule has 1 aromatic carbocycles. The standard InChI is InChI=1S/C11H15Cl2NO/c1-8-6-11(10(13)7-9(8)12)15-5-4-14(2)3/h6-7H,4-5H2,1-3H3. The van der Waals surface area contributed by atoms with Crippen LogP contribution in [0.25, 0.3) is 0 Å². The summed E-state index contributed by atoms with van der Waals surface area (Å²) in [4.78, 5) is 2.05. The highest BCUT2D eigenvalue weighted by molar-refractivity contribution is 6.35. The number of ether oxygens (including phenoxy) is 1. The van der Waals surface area contributed by atoms with Gasteiger partial charge in [0.2, 0.25) is 0 Å². The van der Waals surface area contributed by atoms with Gasteiger partial charge in [-0.2, -0.15) is 0 Å². The summed E-state index contributed by atoms with van der Waals surface area (Å²) >= 11 is 11.9. The van der Waals surface area contributed by atoms with Gasteiger partial charge in [0.1, 0.15) is 12.4 Å². The summed E-state index contributed by atoms with van der Waals surface area (Å²) in [5.41, 5.74) is 0.973. The molecule has 84 valence electrons. The molecule has 0 heterocycles. The van der Waals surface area contributed by atoms with Gasteiger partial charge in [-0.15, -0.1) is 0 Å². The zero-order valence-corrected chi connectivity index (χ0v) is 10.7. The lowest BCUT2D eigenvalue weighted by molar-refractivity contribution is 0.261. The molecule has 0 aliphatic carbocycles. The first kappa shape index (κ1) is 12.6. The Morgan fingerprint density at radius 3 is 2.47 bits per heavy atom. The van der Waals surface area contributed by atoms with Gasteiger partial charge < -0.3 is 9.64 Å². The summed E-state index contributed by atoms with van der Waals surface area (Å²) in [6.45, 7) is 3.41. The fourth-order valence-corrected chi connectivity index (χ4v) is 1.52. The second kappa shape index (κ2) is 5.59. The summed E-state index contributed by atoms with van der Waals surface area (Å²) in [5, 5.41) is 1.23. The number of halogens is 2. The van der Waals surface area contributed by atoms with Crippen LogP contribution < -0.4 is 4.74 Å². The molecule has 0 radical (unpaired) electrons. The third-order valence-corrected chi connectivity index (χ3v) is 2.71. The highest BCUT2D eigenvalue weighted by atomic mass is 35.5. The van der Waals surface area contributed by atoms with E-state index in [1.807, 2.05) is 27.1 Å². The van der Waals surface area contributed by atoms with Crippen LogP contribution in [0.15, 0.2) is 12.1 Å². The number of rotatable bonds is 4. The molecule has 4 heteroatoms. The largest absolute Gasteiger partial charge is 0.491 e. The number of benzene rings is 1. The molecule has 0 atom stereocenters. The number of likely N-dealkylation sites (N-methyl/N-ethyl adjacent to an activating group) is 1. The number of nitrogens with zero attached hydrogens (tertiary/aromatic N) is 1. The minimum atomic E-state index is 0.560. The lowest BCUT2D eigenvalue weighted by atomic mass is 10.2. The van der Waals surface area contributed by atoms with E-state index in [4.69, 9.17) is 27.9 Å². The molecule has 2 nitrogen and oxygen atoms in total. The van der Waals surface area contributed by atoms with Crippen molar-refractivity contribution in [1.29, 1.82) is 0 Å². The average molecular weight is 248 g/mol. The third kappa shape index (κ3) is 3.90. The maximum absolute atomic E-state index is 5.99. The number of hydrogen-bond donors (Lipinski definition) is 0. The summed E-state index contributed by atoms with van der Waals surface area (Å²) < 4.78 is 5.55. The van der Waals surface area contributed by atoms with Gasteiger partial charge in [0.25, 0.3) is 0 Å². The Labute approximate surface area is 101 Å². The van der Waals surface area contributed by atoms with Crippen LogP contribution in [0.5, 0.6) is 5.75 Å². The quantitative estimate of drug-likeness (QED) is 0.811. The van der Waals surface area contributed by atoms with E-state index in [2.05, 4.69) is 4.90 Å². The SMILES string of the molecule is Cc1cc(OCCN(C)C)c(Cl)cc1Cl. The fraction of sp³-hybridized carbons (Fsp3) is 0.455. The van der Waals surface area contributed by atoms with Crippen LogP contribution in [0, 0.1) is 6.92 Å². The van der Waals surface area contributed by atoms with Crippen molar-refractivity contribution in [2.75, 3.05) is 27.2 Å². The van der Waals surface area contributed by atoms with Gasteiger partial charge >= 0.3 is 0 Å². The Balaban J connectivity index is 2.65. The molecular weight excluding hydrogens is 233 g/mol. The molecule has 0 unspecified atom stereocenters. The van der Waals surface area contributed by atoms with Gasteiger partial charge in [-0.1, -0.05) is 23.2 Å². The first-order valence-electron chi connectivity index (χ1n) is 4.74. The van der Waals surface area contributed by atoms with E-state index in [0.29, 0.717) is 22.4 Å². The topological polar surface area (TPSA) is 12.5 Å². The molecular formula is C11H15Cl2NO. The Hall–Kier alpha value is -0.440. The molecule has 0 spiro atoms. The second-order valence-corrected chi connectivity index (χ2v) is 4.50. The smallest absolute Gasteiger partial charge is 0.138 e. The van der Waals surface area contributed by atoms with Crippen molar-refractivity contribution in [3.63, 3.8) is 0 Å². The molecule has 0 amide bonds. The first-order chi connectivity index (χ1) is 7.00. The molecule has 0 fully saturated rings. The maximum Gasteiger partial charge on any atom is 0.138 e. The summed E-state index contributed by atoms with van der Waals surface area (Å²) in [6.07, 6.45) is 0. The number of hydrogen-bond acceptors (Lipinski definition) is 2. The van der Waals surface area contributed by atoms with Crippen LogP contribution in [0.1, 0.15) is 5.56 Å². The van der Waals surface area contributed by atoms with Crippen molar-refractivity contribution < 1.29 is 4.74 Å². The molecule has 0 N–H and O–H groups in total. The van der Waals surface area contributed by atoms with Gasteiger partial charge in [-0.3, -0.25) is 0 Å². The van der Waals surface area contributed by atoms with Crippen molar-refractivity contribution in [2.24, 2.45) is 0 Å². The third-order valence-electron chi connectivity index (χ3n) is 2.01. The van der Waals surface area contributed by atoms with E-state index in [1.54, 1.807) is 6.07 Å². The second-order valence-electron chi connectivity index (χ2n) is 3.68. The summed E-state index contributed by atoms with van der Waals surface area (Å²) in [5.74, 6) is 0.695. The molecule has 0 aliphatic rings. The highest BCUT2D eigenvalue weighted by Crippen LogP contribution is 2.30. The zero-order chi connectivity index (χ0) is 11.4. The van der Waals surface area contributed by atoms with Gasteiger partial charge in [-0.05, 0) is 38.7 Å². The summed E-state index contributed by atoms with van der Waals surface area (Å²) in [7, 11) is 4.00. The monoisotopic (exact) mass is 247 g/mol. The van der Waals surface area contributed by atoms with E-state index in [-0.39, 0.29) is 0 Å². The van der Waals surface area contributed by atoms with Crippen molar-refractivity contribution in [2.45, 2.75) is 6.92 Å². The Morgan fingerprint density at radius 1 is 1.20 bits per heavy atom. The molecule has 1 rings (SSSR count). The zero-order valence-electron chi connectivity index (χ0n) is 9.18. The lowest BCUT2D eigenvalue weighted by Gasteiger charge is -2.12. The highest BCUT2D eigenvalue weighted by Gasteiger charge is 2.05. The minimum absolute atomic E-state index is 0.560. The van der Waals surface area contributed by atoms with Crippen LogP contribution >= 0.6 is 23.2 Å². The van der Waals surface area contributed by atoms with Gasteiger partial charge in [-0.25, -0.2) is 0 Å². The minimum Gasteiger partial charge on any atom is -0.491 e. The van der Waals surface area contributed by atoms with E-state index < -0.39 is 0 Å². The first-order valence-corrected chi connectivity index (χ1v) is 5.49.